The molecule has 0 aliphatic rings. The van der Waals surface area contributed by atoms with Gasteiger partial charge in [-0.15, -0.1) is 0 Å². The smallest absolute Gasteiger partial charge is 0.0941 e. The summed E-state index contributed by atoms with van der Waals surface area (Å²) in [6.07, 6.45) is 1.93. The molecule has 0 atom stereocenters. The van der Waals surface area contributed by atoms with Crippen molar-refractivity contribution >= 4 is 21.8 Å². The normalized spacial score (nSPS) is 11.7. The van der Waals surface area contributed by atoms with Crippen molar-refractivity contribution < 1.29 is 0 Å². The van der Waals surface area contributed by atoms with Gasteiger partial charge in [-0.05, 0) is 18.1 Å². The lowest BCUT2D eigenvalue weighted by Gasteiger charge is -2.01. The third-order valence-corrected chi connectivity index (χ3v) is 2.69. The number of hydrogen-bond donors (Lipinski definition) is 1. The van der Waals surface area contributed by atoms with E-state index in [0.717, 1.165) is 23.1 Å². The van der Waals surface area contributed by atoms with Crippen molar-refractivity contribution in [2.75, 3.05) is 0 Å². The lowest BCUT2D eigenvalue weighted by molar-refractivity contribution is 0.953. The summed E-state index contributed by atoms with van der Waals surface area (Å²) in [5, 5.41) is 0. The third-order valence-electron chi connectivity index (χ3n) is 1.92. The van der Waals surface area contributed by atoms with Gasteiger partial charge < -0.3 is 5.73 Å². The Bertz CT molecular complexity index is 321. The second-order valence-electron chi connectivity index (χ2n) is 3.15. The summed E-state index contributed by atoms with van der Waals surface area (Å²) < 4.78 is 1.09. The van der Waals surface area contributed by atoms with Gasteiger partial charge in [-0.25, -0.2) is 0 Å². The molecule has 1 aromatic rings. The Hall–Kier alpha value is -0.830. The molecule has 0 spiro atoms. The zero-order valence-electron chi connectivity index (χ0n) is 8.33. The second-order valence-corrected chi connectivity index (χ2v) is 4.00. The maximum absolute atomic E-state index is 5.72. The van der Waals surface area contributed by atoms with E-state index in [1.807, 2.05) is 24.3 Å². The Morgan fingerprint density at radius 1 is 1.43 bits per heavy atom. The summed E-state index contributed by atoms with van der Waals surface area (Å²) in [6.45, 7) is 2.76. The predicted molar refractivity (Wildman–Crippen MR) is 64.4 cm³/mol. The van der Waals surface area contributed by atoms with Crippen LogP contribution in [-0.2, 0) is 6.54 Å². The maximum atomic E-state index is 5.72. The summed E-state index contributed by atoms with van der Waals surface area (Å²) in [7, 11) is 0. The van der Waals surface area contributed by atoms with Crippen molar-refractivity contribution in [3.63, 3.8) is 0 Å². The van der Waals surface area contributed by atoms with E-state index in [1.165, 1.54) is 5.56 Å². The quantitative estimate of drug-likeness (QED) is 0.651. The Morgan fingerprint density at radius 3 is 2.79 bits per heavy atom. The molecule has 1 aromatic carbocycles. The molecular weight excluding hydrogens is 240 g/mol. The second kappa shape index (κ2) is 5.81. The van der Waals surface area contributed by atoms with Crippen LogP contribution in [0.4, 0.5) is 0 Å². The first-order valence-corrected chi connectivity index (χ1v) is 5.55. The Balaban J connectivity index is 2.61. The zero-order chi connectivity index (χ0) is 10.4. The molecule has 0 heterocycles. The fourth-order valence-corrected chi connectivity index (χ4v) is 1.56. The summed E-state index contributed by atoms with van der Waals surface area (Å²) >= 11 is 3.48. The Labute approximate surface area is 93.4 Å². The van der Waals surface area contributed by atoms with Crippen molar-refractivity contribution in [1.82, 2.24) is 0 Å². The van der Waals surface area contributed by atoms with Gasteiger partial charge in [-0.2, -0.15) is 0 Å². The number of amidine groups is 1. The lowest BCUT2D eigenvalue weighted by atomic mass is 10.2. The first-order valence-electron chi connectivity index (χ1n) is 4.76. The molecule has 1 rings (SSSR count). The van der Waals surface area contributed by atoms with Gasteiger partial charge in [-0.1, -0.05) is 41.1 Å². The monoisotopic (exact) mass is 254 g/mol. The van der Waals surface area contributed by atoms with Crippen LogP contribution in [-0.4, -0.2) is 5.84 Å². The highest BCUT2D eigenvalue weighted by Gasteiger charge is 1.96. The van der Waals surface area contributed by atoms with Crippen LogP contribution in [0.3, 0.4) is 0 Å². The molecule has 0 radical (unpaired) electrons. The molecule has 0 aliphatic carbocycles. The summed E-state index contributed by atoms with van der Waals surface area (Å²) in [6, 6.07) is 8.06. The number of aliphatic imine (C=N–C) groups is 1. The van der Waals surface area contributed by atoms with Crippen LogP contribution in [0, 0.1) is 0 Å². The van der Waals surface area contributed by atoms with Crippen molar-refractivity contribution in [2.24, 2.45) is 10.7 Å². The summed E-state index contributed by atoms with van der Waals surface area (Å²) in [5.74, 6) is 0.739. The van der Waals surface area contributed by atoms with Gasteiger partial charge in [0.05, 0.1) is 12.4 Å². The van der Waals surface area contributed by atoms with Crippen LogP contribution in [0.5, 0.6) is 0 Å². The number of hydrogen-bond acceptors (Lipinski definition) is 1. The fraction of sp³-hybridized carbons (Fsp3) is 0.364. The molecular formula is C11H15BrN2. The number of rotatable bonds is 4. The van der Waals surface area contributed by atoms with Gasteiger partial charge in [-0.3, -0.25) is 4.99 Å². The lowest BCUT2D eigenvalue weighted by Crippen LogP contribution is -2.11. The van der Waals surface area contributed by atoms with Gasteiger partial charge in [0.25, 0.3) is 0 Å². The fourth-order valence-electron chi connectivity index (χ4n) is 1.15. The highest BCUT2D eigenvalue weighted by molar-refractivity contribution is 9.10. The molecule has 0 fully saturated rings. The highest BCUT2D eigenvalue weighted by Crippen LogP contribution is 2.16. The minimum absolute atomic E-state index is 0.660. The molecule has 0 amide bonds. The van der Waals surface area contributed by atoms with Gasteiger partial charge in [0.1, 0.15) is 0 Å². The van der Waals surface area contributed by atoms with Crippen molar-refractivity contribution in [3.8, 4) is 0 Å². The van der Waals surface area contributed by atoms with Crippen LogP contribution in [0.15, 0.2) is 33.7 Å². The number of halogens is 1. The first-order chi connectivity index (χ1) is 6.74. The SMILES string of the molecule is CCCC(N)=NCc1ccccc1Br. The molecule has 2 N–H and O–H groups in total. The number of benzene rings is 1. The molecule has 76 valence electrons. The van der Waals surface area contributed by atoms with Crippen LogP contribution in [0.25, 0.3) is 0 Å². The van der Waals surface area contributed by atoms with E-state index in [-0.39, 0.29) is 0 Å². The average molecular weight is 255 g/mol. The molecule has 0 saturated carbocycles. The largest absolute Gasteiger partial charge is 0.387 e. The van der Waals surface area contributed by atoms with E-state index >= 15 is 0 Å². The van der Waals surface area contributed by atoms with Crippen LogP contribution in [0.1, 0.15) is 25.3 Å². The summed E-state index contributed by atoms with van der Waals surface area (Å²) in [4.78, 5) is 4.31. The minimum Gasteiger partial charge on any atom is -0.387 e. The number of nitrogens with two attached hydrogens (primary N) is 1. The molecule has 0 aliphatic heterocycles. The first kappa shape index (κ1) is 11.2. The standard InChI is InChI=1S/C11H15BrN2/c1-2-5-11(13)14-8-9-6-3-4-7-10(9)12/h3-4,6-7H,2,5,8H2,1H3,(H2,13,14). The molecule has 14 heavy (non-hydrogen) atoms. The molecule has 0 unspecified atom stereocenters. The molecule has 3 heteroatoms. The highest BCUT2D eigenvalue weighted by atomic mass is 79.9. The average Bonchev–Trinajstić information content (AvgIpc) is 2.17. The van der Waals surface area contributed by atoms with Crippen LogP contribution >= 0.6 is 15.9 Å². The van der Waals surface area contributed by atoms with Gasteiger partial charge in [0, 0.05) is 10.9 Å². The van der Waals surface area contributed by atoms with Crippen molar-refractivity contribution in [2.45, 2.75) is 26.3 Å². The van der Waals surface area contributed by atoms with E-state index in [9.17, 15) is 0 Å². The van der Waals surface area contributed by atoms with Gasteiger partial charge in [0.2, 0.25) is 0 Å². The van der Waals surface area contributed by atoms with Crippen molar-refractivity contribution in [1.29, 1.82) is 0 Å². The predicted octanol–water partition coefficient (Wildman–Crippen LogP) is 3.11. The topological polar surface area (TPSA) is 38.4 Å². The van der Waals surface area contributed by atoms with E-state index in [2.05, 4.69) is 27.8 Å². The van der Waals surface area contributed by atoms with Crippen LogP contribution < -0.4 is 5.73 Å². The van der Waals surface area contributed by atoms with E-state index in [0.29, 0.717) is 6.54 Å². The van der Waals surface area contributed by atoms with Crippen LogP contribution in [0.2, 0.25) is 0 Å². The Morgan fingerprint density at radius 2 is 2.14 bits per heavy atom. The van der Waals surface area contributed by atoms with Gasteiger partial charge >= 0.3 is 0 Å². The van der Waals surface area contributed by atoms with E-state index in [4.69, 9.17) is 5.73 Å². The van der Waals surface area contributed by atoms with Crippen molar-refractivity contribution in [3.05, 3.63) is 34.3 Å². The van der Waals surface area contributed by atoms with E-state index in [1.54, 1.807) is 0 Å². The maximum Gasteiger partial charge on any atom is 0.0941 e. The molecule has 0 saturated heterocycles. The minimum atomic E-state index is 0.660. The molecule has 2 nitrogen and oxygen atoms in total. The zero-order valence-corrected chi connectivity index (χ0v) is 9.92. The molecule has 0 bridgehead atoms. The number of nitrogens with zero attached hydrogens (tertiary/aromatic N) is 1. The summed E-state index contributed by atoms with van der Waals surface area (Å²) in [5.41, 5.74) is 6.89. The molecule has 0 aromatic heterocycles. The van der Waals surface area contributed by atoms with Gasteiger partial charge in [0.15, 0.2) is 0 Å². The Kier molecular flexibility index (Phi) is 4.66. The third kappa shape index (κ3) is 3.50. The van der Waals surface area contributed by atoms with E-state index < -0.39 is 0 Å².